The molecule has 0 radical (unpaired) electrons. The molecule has 4 nitrogen and oxygen atoms in total. The van der Waals surface area contributed by atoms with Gasteiger partial charge in [-0.05, 0) is 31.2 Å². The maximum atomic E-state index is 10.6. The molecule has 1 N–H and O–H groups in total. The molecule has 1 aromatic rings. The van der Waals surface area contributed by atoms with E-state index in [1.165, 1.54) is 0 Å². The summed E-state index contributed by atoms with van der Waals surface area (Å²) in [6, 6.07) is 7.51. The van der Waals surface area contributed by atoms with Crippen LogP contribution in [-0.2, 0) is 4.79 Å². The van der Waals surface area contributed by atoms with Crippen molar-refractivity contribution in [3.05, 3.63) is 24.3 Å². The Hall–Kier alpha value is -1.71. The second-order valence-corrected chi connectivity index (χ2v) is 3.76. The van der Waals surface area contributed by atoms with Gasteiger partial charge in [0, 0.05) is 18.8 Å². The lowest BCUT2D eigenvalue weighted by Gasteiger charge is -2.25. The first-order chi connectivity index (χ1) is 7.54. The third kappa shape index (κ3) is 3.15. The Bertz CT molecular complexity index is 348. The summed E-state index contributed by atoms with van der Waals surface area (Å²) in [6.07, 6.45) is 0.128. The van der Waals surface area contributed by atoms with Gasteiger partial charge in [-0.25, -0.2) is 0 Å². The van der Waals surface area contributed by atoms with E-state index in [1.807, 2.05) is 43.1 Å². The molecule has 16 heavy (non-hydrogen) atoms. The Balaban J connectivity index is 2.71. The smallest absolute Gasteiger partial charge is 0.305 e. The molecule has 0 aromatic heterocycles. The van der Waals surface area contributed by atoms with E-state index in [4.69, 9.17) is 9.84 Å². The lowest BCUT2D eigenvalue weighted by atomic mass is 10.2. The molecule has 0 amide bonds. The number of ether oxygens (including phenoxy) is 1. The van der Waals surface area contributed by atoms with Crippen molar-refractivity contribution in [2.75, 3.05) is 19.1 Å². The number of carboxylic acids is 1. The van der Waals surface area contributed by atoms with E-state index < -0.39 is 5.97 Å². The van der Waals surface area contributed by atoms with Gasteiger partial charge < -0.3 is 14.7 Å². The first-order valence-corrected chi connectivity index (χ1v) is 5.13. The molecule has 1 unspecified atom stereocenters. The Morgan fingerprint density at radius 2 is 2.00 bits per heavy atom. The Morgan fingerprint density at radius 3 is 2.44 bits per heavy atom. The van der Waals surface area contributed by atoms with E-state index in [-0.39, 0.29) is 12.5 Å². The second-order valence-electron chi connectivity index (χ2n) is 3.76. The number of rotatable bonds is 5. The molecule has 0 saturated heterocycles. The maximum Gasteiger partial charge on any atom is 0.305 e. The fourth-order valence-electron chi connectivity index (χ4n) is 1.46. The van der Waals surface area contributed by atoms with Crippen molar-refractivity contribution in [2.45, 2.75) is 19.4 Å². The SMILES string of the molecule is COc1ccc(N(C)C(C)CC(=O)O)cc1. The summed E-state index contributed by atoms with van der Waals surface area (Å²) in [5, 5.41) is 8.72. The van der Waals surface area contributed by atoms with E-state index in [0.29, 0.717) is 0 Å². The molecule has 1 aromatic carbocycles. The molecule has 0 spiro atoms. The lowest BCUT2D eigenvalue weighted by molar-refractivity contribution is -0.137. The Kier molecular flexibility index (Phi) is 4.17. The summed E-state index contributed by atoms with van der Waals surface area (Å²) in [7, 11) is 3.50. The lowest BCUT2D eigenvalue weighted by Crippen LogP contribution is -2.30. The topological polar surface area (TPSA) is 49.8 Å². The molecule has 0 aliphatic heterocycles. The number of carbonyl (C=O) groups is 1. The van der Waals surface area contributed by atoms with Crippen LogP contribution in [0.25, 0.3) is 0 Å². The van der Waals surface area contributed by atoms with Gasteiger partial charge in [-0.3, -0.25) is 4.79 Å². The molecule has 1 atom stereocenters. The summed E-state index contributed by atoms with van der Waals surface area (Å²) < 4.78 is 5.06. The highest BCUT2D eigenvalue weighted by molar-refractivity contribution is 5.68. The predicted molar refractivity (Wildman–Crippen MR) is 63.1 cm³/mol. The highest BCUT2D eigenvalue weighted by Crippen LogP contribution is 2.20. The quantitative estimate of drug-likeness (QED) is 0.829. The van der Waals surface area contributed by atoms with Crippen molar-refractivity contribution in [3.8, 4) is 5.75 Å². The van der Waals surface area contributed by atoms with E-state index in [0.717, 1.165) is 11.4 Å². The molecule has 4 heteroatoms. The van der Waals surface area contributed by atoms with Crippen LogP contribution in [0.5, 0.6) is 5.75 Å². The molecule has 0 aliphatic rings. The number of hydrogen-bond donors (Lipinski definition) is 1. The van der Waals surface area contributed by atoms with Gasteiger partial charge in [0.2, 0.25) is 0 Å². The Labute approximate surface area is 95.5 Å². The van der Waals surface area contributed by atoms with Crippen molar-refractivity contribution >= 4 is 11.7 Å². The standard InChI is InChI=1S/C12H17NO3/c1-9(8-12(14)15)13(2)10-4-6-11(16-3)7-5-10/h4-7,9H,8H2,1-3H3,(H,14,15). The van der Waals surface area contributed by atoms with E-state index >= 15 is 0 Å². The molecule has 0 saturated carbocycles. The van der Waals surface area contributed by atoms with Crippen molar-refractivity contribution in [3.63, 3.8) is 0 Å². The van der Waals surface area contributed by atoms with E-state index in [9.17, 15) is 4.79 Å². The summed E-state index contributed by atoms with van der Waals surface area (Å²) >= 11 is 0. The van der Waals surface area contributed by atoms with Gasteiger partial charge in [0.15, 0.2) is 0 Å². The third-order valence-electron chi connectivity index (χ3n) is 2.61. The van der Waals surface area contributed by atoms with Gasteiger partial charge in [-0.15, -0.1) is 0 Å². The minimum atomic E-state index is -0.784. The largest absolute Gasteiger partial charge is 0.497 e. The van der Waals surface area contributed by atoms with Crippen LogP contribution in [-0.4, -0.2) is 31.3 Å². The van der Waals surface area contributed by atoms with E-state index in [1.54, 1.807) is 7.11 Å². The van der Waals surface area contributed by atoms with Crippen molar-refractivity contribution < 1.29 is 14.6 Å². The molecule has 0 bridgehead atoms. The normalized spacial score (nSPS) is 11.9. The summed E-state index contributed by atoms with van der Waals surface area (Å²) in [4.78, 5) is 12.5. The second kappa shape index (κ2) is 5.39. The first-order valence-electron chi connectivity index (χ1n) is 5.13. The van der Waals surface area contributed by atoms with Gasteiger partial charge in [-0.2, -0.15) is 0 Å². The highest BCUT2D eigenvalue weighted by atomic mass is 16.5. The summed E-state index contributed by atoms with van der Waals surface area (Å²) in [5.74, 6) is 0.0101. The molecule has 0 heterocycles. The fourth-order valence-corrected chi connectivity index (χ4v) is 1.46. The monoisotopic (exact) mass is 223 g/mol. The molecular formula is C12H17NO3. The number of nitrogens with zero attached hydrogens (tertiary/aromatic N) is 1. The van der Waals surface area contributed by atoms with Crippen molar-refractivity contribution in [2.24, 2.45) is 0 Å². The average molecular weight is 223 g/mol. The number of methoxy groups -OCH3 is 1. The van der Waals surface area contributed by atoms with Gasteiger partial charge in [-0.1, -0.05) is 0 Å². The molecule has 0 aliphatic carbocycles. The zero-order valence-corrected chi connectivity index (χ0v) is 9.80. The number of hydrogen-bond acceptors (Lipinski definition) is 3. The van der Waals surface area contributed by atoms with Crippen molar-refractivity contribution in [1.29, 1.82) is 0 Å². The van der Waals surface area contributed by atoms with Gasteiger partial charge in [0.1, 0.15) is 5.75 Å². The van der Waals surface area contributed by atoms with Crippen LogP contribution >= 0.6 is 0 Å². The minimum Gasteiger partial charge on any atom is -0.497 e. The van der Waals surface area contributed by atoms with Crippen molar-refractivity contribution in [1.82, 2.24) is 0 Å². The maximum absolute atomic E-state index is 10.6. The number of benzene rings is 1. The van der Waals surface area contributed by atoms with Gasteiger partial charge in [0.25, 0.3) is 0 Å². The zero-order chi connectivity index (χ0) is 12.1. The van der Waals surface area contributed by atoms with E-state index in [2.05, 4.69) is 0 Å². The third-order valence-corrected chi connectivity index (χ3v) is 2.61. The van der Waals surface area contributed by atoms with Crippen LogP contribution < -0.4 is 9.64 Å². The van der Waals surface area contributed by atoms with Crippen LogP contribution in [0.4, 0.5) is 5.69 Å². The number of anilines is 1. The van der Waals surface area contributed by atoms with Crippen LogP contribution in [0.2, 0.25) is 0 Å². The summed E-state index contributed by atoms with van der Waals surface area (Å²) in [5.41, 5.74) is 0.981. The molecule has 1 rings (SSSR count). The number of carboxylic acid groups (broad SMARTS) is 1. The molecular weight excluding hydrogens is 206 g/mol. The predicted octanol–water partition coefficient (Wildman–Crippen LogP) is 1.99. The highest BCUT2D eigenvalue weighted by Gasteiger charge is 2.13. The zero-order valence-electron chi connectivity index (χ0n) is 9.80. The van der Waals surface area contributed by atoms with Gasteiger partial charge in [0.05, 0.1) is 13.5 Å². The fraction of sp³-hybridized carbons (Fsp3) is 0.417. The first kappa shape index (κ1) is 12.4. The van der Waals surface area contributed by atoms with Crippen LogP contribution in [0.1, 0.15) is 13.3 Å². The number of aliphatic carboxylic acids is 1. The minimum absolute atomic E-state index is 0.0362. The molecule has 88 valence electrons. The molecule has 0 fully saturated rings. The van der Waals surface area contributed by atoms with Gasteiger partial charge >= 0.3 is 5.97 Å². The van der Waals surface area contributed by atoms with Crippen LogP contribution in [0, 0.1) is 0 Å². The average Bonchev–Trinajstić information content (AvgIpc) is 2.27. The van der Waals surface area contributed by atoms with Crippen LogP contribution in [0.15, 0.2) is 24.3 Å². The summed E-state index contributed by atoms with van der Waals surface area (Å²) in [6.45, 7) is 1.89. The van der Waals surface area contributed by atoms with Crippen LogP contribution in [0.3, 0.4) is 0 Å². The Morgan fingerprint density at radius 1 is 1.44 bits per heavy atom.